The number of nitrogens with one attached hydrogen (secondary N) is 1. The molecule has 0 bridgehead atoms. The van der Waals surface area contributed by atoms with Gasteiger partial charge in [0.05, 0.1) is 5.69 Å². The van der Waals surface area contributed by atoms with Gasteiger partial charge in [-0.05, 0) is 6.92 Å². The van der Waals surface area contributed by atoms with Crippen molar-refractivity contribution in [1.29, 1.82) is 0 Å². The number of rotatable bonds is 1. The molecule has 82 valence electrons. The molecule has 0 atom stereocenters. The van der Waals surface area contributed by atoms with Gasteiger partial charge in [-0.15, -0.1) is 11.3 Å². The molecule has 0 spiro atoms. The number of aryl methyl sites for hydroxylation is 1. The van der Waals surface area contributed by atoms with Crippen LogP contribution in [0.15, 0.2) is 24.3 Å². The first-order chi connectivity index (χ1) is 7.83. The second-order valence-electron chi connectivity index (χ2n) is 4.18. The molecule has 1 aliphatic heterocycles. The van der Waals surface area contributed by atoms with Gasteiger partial charge >= 0.3 is 0 Å². The van der Waals surface area contributed by atoms with Crippen LogP contribution in [0.25, 0.3) is 10.6 Å². The number of thiazole rings is 1. The number of nitrogens with zero attached hydrogens (tertiary/aromatic N) is 1. The number of fused-ring (bicyclic) bond motifs is 1. The maximum atomic E-state index is 4.73. The van der Waals surface area contributed by atoms with Gasteiger partial charge < -0.3 is 5.32 Å². The van der Waals surface area contributed by atoms with Crippen LogP contribution in [0.3, 0.4) is 0 Å². The number of hydrogen-bond donors (Lipinski definition) is 1. The van der Waals surface area contributed by atoms with E-state index in [0.717, 1.165) is 24.5 Å². The Morgan fingerprint density at radius 3 is 2.81 bits per heavy atom. The zero-order valence-electron chi connectivity index (χ0n) is 9.29. The molecule has 0 fully saturated rings. The van der Waals surface area contributed by atoms with Crippen molar-refractivity contribution in [2.24, 2.45) is 0 Å². The monoisotopic (exact) mass is 230 g/mol. The standard InChI is InChI=1S/C13H14N2S/c1-9-2-4-10(5-3-9)13-15-11-6-7-14-8-12(11)16-13/h2-5,14H,6-8H2,1H3. The highest BCUT2D eigenvalue weighted by Gasteiger charge is 2.15. The molecule has 0 amide bonds. The molecule has 1 aliphatic rings. The molecule has 3 heteroatoms. The molecular weight excluding hydrogens is 216 g/mol. The fourth-order valence-corrected chi connectivity index (χ4v) is 3.03. The SMILES string of the molecule is Cc1ccc(-c2nc3c(s2)CNCC3)cc1. The van der Waals surface area contributed by atoms with Crippen LogP contribution in [-0.4, -0.2) is 11.5 Å². The average Bonchev–Trinajstić information content (AvgIpc) is 2.73. The topological polar surface area (TPSA) is 24.9 Å². The second-order valence-corrected chi connectivity index (χ2v) is 5.27. The van der Waals surface area contributed by atoms with Crippen molar-refractivity contribution in [3.63, 3.8) is 0 Å². The Hall–Kier alpha value is -1.19. The van der Waals surface area contributed by atoms with Crippen LogP contribution in [0.1, 0.15) is 16.1 Å². The maximum Gasteiger partial charge on any atom is 0.123 e. The van der Waals surface area contributed by atoms with Crippen molar-refractivity contribution in [2.75, 3.05) is 6.54 Å². The number of hydrogen-bond acceptors (Lipinski definition) is 3. The molecule has 16 heavy (non-hydrogen) atoms. The highest BCUT2D eigenvalue weighted by Crippen LogP contribution is 2.29. The van der Waals surface area contributed by atoms with Crippen molar-refractivity contribution in [3.8, 4) is 10.6 Å². The summed E-state index contributed by atoms with van der Waals surface area (Å²) in [4.78, 5) is 6.13. The summed E-state index contributed by atoms with van der Waals surface area (Å²) in [5.41, 5.74) is 3.83. The quantitative estimate of drug-likeness (QED) is 0.815. The van der Waals surface area contributed by atoms with Crippen LogP contribution < -0.4 is 5.32 Å². The Morgan fingerprint density at radius 2 is 2.06 bits per heavy atom. The van der Waals surface area contributed by atoms with E-state index in [1.54, 1.807) is 0 Å². The molecule has 0 radical (unpaired) electrons. The van der Waals surface area contributed by atoms with E-state index >= 15 is 0 Å². The molecule has 3 rings (SSSR count). The van der Waals surface area contributed by atoms with Crippen LogP contribution >= 0.6 is 11.3 Å². The summed E-state index contributed by atoms with van der Waals surface area (Å²) in [6, 6.07) is 8.61. The van der Waals surface area contributed by atoms with E-state index in [1.807, 2.05) is 11.3 Å². The summed E-state index contributed by atoms with van der Waals surface area (Å²) in [6.45, 7) is 4.16. The summed E-state index contributed by atoms with van der Waals surface area (Å²) in [5, 5.41) is 4.55. The Bertz CT molecular complexity index is 476. The number of aromatic nitrogens is 1. The van der Waals surface area contributed by atoms with Crippen molar-refractivity contribution in [2.45, 2.75) is 19.9 Å². The molecule has 0 saturated carbocycles. The van der Waals surface area contributed by atoms with E-state index in [2.05, 4.69) is 36.5 Å². The fourth-order valence-electron chi connectivity index (χ4n) is 1.95. The third-order valence-corrected chi connectivity index (χ3v) is 4.05. The van der Waals surface area contributed by atoms with E-state index in [1.165, 1.54) is 21.7 Å². The van der Waals surface area contributed by atoms with Gasteiger partial charge in [-0.1, -0.05) is 29.8 Å². The third kappa shape index (κ3) is 1.77. The highest BCUT2D eigenvalue weighted by molar-refractivity contribution is 7.15. The van der Waals surface area contributed by atoms with Gasteiger partial charge in [0, 0.05) is 30.0 Å². The lowest BCUT2D eigenvalue weighted by Crippen LogP contribution is -2.22. The first-order valence-corrected chi connectivity index (χ1v) is 6.41. The van der Waals surface area contributed by atoms with Crippen molar-refractivity contribution < 1.29 is 0 Å². The van der Waals surface area contributed by atoms with Crippen molar-refractivity contribution in [1.82, 2.24) is 10.3 Å². The van der Waals surface area contributed by atoms with Crippen LogP contribution in [0.2, 0.25) is 0 Å². The van der Waals surface area contributed by atoms with Crippen LogP contribution in [0, 0.1) is 6.92 Å². The minimum absolute atomic E-state index is 0.985. The van der Waals surface area contributed by atoms with E-state index in [0.29, 0.717) is 0 Å². The molecular formula is C13H14N2S. The first-order valence-electron chi connectivity index (χ1n) is 5.59. The predicted octanol–water partition coefficient (Wildman–Crippen LogP) is 2.76. The van der Waals surface area contributed by atoms with Gasteiger partial charge in [0.25, 0.3) is 0 Å². The minimum Gasteiger partial charge on any atom is -0.311 e. The zero-order chi connectivity index (χ0) is 11.0. The van der Waals surface area contributed by atoms with E-state index in [-0.39, 0.29) is 0 Å². The molecule has 2 nitrogen and oxygen atoms in total. The molecule has 2 aromatic rings. The zero-order valence-corrected chi connectivity index (χ0v) is 10.1. The Labute approximate surface area is 99.4 Å². The van der Waals surface area contributed by atoms with Gasteiger partial charge in [-0.2, -0.15) is 0 Å². The molecule has 1 N–H and O–H groups in total. The lowest BCUT2D eigenvalue weighted by atomic mass is 10.1. The summed E-state index contributed by atoms with van der Waals surface area (Å²) >= 11 is 1.82. The van der Waals surface area contributed by atoms with Gasteiger partial charge in [0.2, 0.25) is 0 Å². The van der Waals surface area contributed by atoms with Crippen molar-refractivity contribution in [3.05, 3.63) is 40.4 Å². The predicted molar refractivity (Wildman–Crippen MR) is 67.7 cm³/mol. The summed E-state index contributed by atoms with van der Waals surface area (Å²) in [5.74, 6) is 0. The third-order valence-electron chi connectivity index (χ3n) is 2.90. The largest absolute Gasteiger partial charge is 0.311 e. The molecule has 0 unspecified atom stereocenters. The summed E-state index contributed by atoms with van der Waals surface area (Å²) < 4.78 is 0. The van der Waals surface area contributed by atoms with Crippen LogP contribution in [0.5, 0.6) is 0 Å². The molecule has 0 aliphatic carbocycles. The van der Waals surface area contributed by atoms with Gasteiger partial charge in [-0.25, -0.2) is 4.98 Å². The normalized spacial score (nSPS) is 14.8. The lowest BCUT2D eigenvalue weighted by Gasteiger charge is -2.09. The Morgan fingerprint density at radius 1 is 1.25 bits per heavy atom. The summed E-state index contributed by atoms with van der Waals surface area (Å²) in [6.07, 6.45) is 1.07. The number of benzene rings is 1. The van der Waals surface area contributed by atoms with Crippen LogP contribution in [0.4, 0.5) is 0 Å². The van der Waals surface area contributed by atoms with Gasteiger partial charge in [0.1, 0.15) is 5.01 Å². The van der Waals surface area contributed by atoms with Gasteiger partial charge in [-0.3, -0.25) is 0 Å². The lowest BCUT2D eigenvalue weighted by molar-refractivity contribution is 0.644. The minimum atomic E-state index is 0.985. The Kier molecular flexibility index (Phi) is 2.50. The molecule has 2 heterocycles. The van der Waals surface area contributed by atoms with Crippen molar-refractivity contribution >= 4 is 11.3 Å². The van der Waals surface area contributed by atoms with E-state index < -0.39 is 0 Å². The van der Waals surface area contributed by atoms with E-state index in [9.17, 15) is 0 Å². The maximum absolute atomic E-state index is 4.73. The Balaban J connectivity index is 2.00. The van der Waals surface area contributed by atoms with Crippen LogP contribution in [-0.2, 0) is 13.0 Å². The van der Waals surface area contributed by atoms with E-state index in [4.69, 9.17) is 4.98 Å². The average molecular weight is 230 g/mol. The van der Waals surface area contributed by atoms with Gasteiger partial charge in [0.15, 0.2) is 0 Å². The summed E-state index contributed by atoms with van der Waals surface area (Å²) in [7, 11) is 0. The molecule has 1 aromatic carbocycles. The molecule has 1 aromatic heterocycles. The fraction of sp³-hybridized carbons (Fsp3) is 0.308. The molecule has 0 saturated heterocycles. The highest BCUT2D eigenvalue weighted by atomic mass is 32.1. The second kappa shape index (κ2) is 4.00. The first kappa shape index (κ1) is 10.00. The smallest absolute Gasteiger partial charge is 0.123 e.